The number of fused-ring (bicyclic) bond motifs is 5. The van der Waals surface area contributed by atoms with Gasteiger partial charge in [0.15, 0.2) is 5.75 Å². The number of aryl methyl sites for hydroxylation is 2. The number of nitrogens with one attached hydrogen (secondary N) is 2. The molecule has 0 fully saturated rings. The van der Waals surface area contributed by atoms with Crippen LogP contribution in [0.2, 0.25) is 0 Å². The molecule has 0 spiro atoms. The molecule has 1 aliphatic rings. The number of hydrogen-bond donors (Lipinski definition) is 3. The van der Waals surface area contributed by atoms with Crippen LogP contribution < -0.4 is 21.3 Å². The maximum Gasteiger partial charge on any atom is 0.261 e. The lowest BCUT2D eigenvalue weighted by molar-refractivity contribution is -0.111. The minimum absolute atomic E-state index is 0.132. The molecule has 0 aliphatic carbocycles. The van der Waals surface area contributed by atoms with E-state index in [4.69, 9.17) is 15.6 Å². The Morgan fingerprint density at radius 1 is 1.28 bits per heavy atom. The van der Waals surface area contributed by atoms with Gasteiger partial charge in [0, 0.05) is 23.7 Å². The number of nitrogens with zero attached hydrogens (tertiary/aromatic N) is 3. The molecule has 0 bridgehead atoms. The molecule has 2 aromatic carbocycles. The van der Waals surface area contributed by atoms with Crippen LogP contribution in [-0.2, 0) is 11.4 Å². The summed E-state index contributed by atoms with van der Waals surface area (Å²) in [6, 6.07) is 11.5. The zero-order chi connectivity index (χ0) is 25.6. The molecule has 2 aromatic heterocycles. The lowest BCUT2D eigenvalue weighted by atomic mass is 9.98. The van der Waals surface area contributed by atoms with E-state index < -0.39 is 0 Å². The normalized spacial score (nSPS) is 12.6. The average Bonchev–Trinajstić information content (AvgIpc) is 3.17. The molecule has 0 radical (unpaired) electrons. The van der Waals surface area contributed by atoms with E-state index in [1.807, 2.05) is 63.2 Å². The smallest absolute Gasteiger partial charge is 0.261 e. The van der Waals surface area contributed by atoms with Gasteiger partial charge in [-0.2, -0.15) is 5.10 Å². The summed E-state index contributed by atoms with van der Waals surface area (Å²) in [5.41, 5.74) is 12.1. The Balaban J connectivity index is 1.64. The molecular formula is C27H28N6O3. The zero-order valence-corrected chi connectivity index (χ0v) is 20.7. The third kappa shape index (κ3) is 4.03. The molecule has 36 heavy (non-hydrogen) atoms. The van der Waals surface area contributed by atoms with Crippen LogP contribution in [-0.4, -0.2) is 46.2 Å². The number of nitrogens with two attached hydrogens (primary N) is 1. The quantitative estimate of drug-likeness (QED) is 0.373. The van der Waals surface area contributed by atoms with Gasteiger partial charge in [-0.3, -0.25) is 9.59 Å². The monoisotopic (exact) mass is 484 g/mol. The Labute approximate surface area is 208 Å². The Bertz CT molecular complexity index is 1600. The first-order chi connectivity index (χ1) is 17.2. The van der Waals surface area contributed by atoms with E-state index in [2.05, 4.69) is 10.3 Å². The van der Waals surface area contributed by atoms with Crippen molar-refractivity contribution in [1.29, 1.82) is 0 Å². The lowest BCUT2D eigenvalue weighted by Crippen LogP contribution is -2.18. The Morgan fingerprint density at radius 3 is 2.86 bits per heavy atom. The predicted octanol–water partition coefficient (Wildman–Crippen LogP) is 3.53. The van der Waals surface area contributed by atoms with E-state index in [-0.39, 0.29) is 23.9 Å². The number of rotatable bonds is 5. The van der Waals surface area contributed by atoms with Gasteiger partial charge in [0.1, 0.15) is 23.3 Å². The molecule has 184 valence electrons. The standard InChI is InChI=1S/C27H28N6O3/c1-15-10-11-16(2)20(13-15)33-26(28)23-24(31-33)22-17-7-5-8-18(29-21(34)9-6-12-32(3)4)25(17)36-14-19(22)30-27(23)35/h5-11,13H,12,14,28H2,1-4H3,(H,29,34)(H,30,35)/b9-6+. The molecule has 0 atom stereocenters. The predicted molar refractivity (Wildman–Crippen MR) is 142 cm³/mol. The minimum Gasteiger partial charge on any atom is -0.485 e. The van der Waals surface area contributed by atoms with Crippen molar-refractivity contribution in [2.24, 2.45) is 0 Å². The van der Waals surface area contributed by atoms with Gasteiger partial charge in [0.25, 0.3) is 5.56 Å². The number of nitrogen functional groups attached to an aromatic ring is 1. The summed E-state index contributed by atoms with van der Waals surface area (Å²) in [4.78, 5) is 30.4. The van der Waals surface area contributed by atoms with E-state index in [0.29, 0.717) is 34.6 Å². The van der Waals surface area contributed by atoms with E-state index in [1.165, 1.54) is 6.08 Å². The summed E-state index contributed by atoms with van der Waals surface area (Å²) in [6.45, 7) is 4.76. The number of anilines is 2. The number of likely N-dealkylation sites (N-methyl/N-ethyl adjacent to an activating group) is 1. The van der Waals surface area contributed by atoms with E-state index in [1.54, 1.807) is 16.8 Å². The summed E-state index contributed by atoms with van der Waals surface area (Å²) in [5.74, 6) is 0.536. The van der Waals surface area contributed by atoms with Gasteiger partial charge in [0.05, 0.1) is 17.1 Å². The number of para-hydroxylation sites is 1. The lowest BCUT2D eigenvalue weighted by Gasteiger charge is -2.23. The van der Waals surface area contributed by atoms with E-state index >= 15 is 0 Å². The largest absolute Gasteiger partial charge is 0.485 e. The number of amides is 1. The third-order valence-electron chi connectivity index (χ3n) is 6.19. The van der Waals surface area contributed by atoms with Crippen molar-refractivity contribution in [2.75, 3.05) is 31.7 Å². The van der Waals surface area contributed by atoms with Crippen molar-refractivity contribution < 1.29 is 9.53 Å². The Hall–Kier alpha value is -4.37. The van der Waals surface area contributed by atoms with Crippen LogP contribution >= 0.6 is 0 Å². The highest BCUT2D eigenvalue weighted by Crippen LogP contribution is 2.44. The van der Waals surface area contributed by atoms with Gasteiger partial charge in [0.2, 0.25) is 5.91 Å². The number of hydrogen-bond acceptors (Lipinski definition) is 6. The second-order valence-corrected chi connectivity index (χ2v) is 9.24. The molecule has 0 saturated heterocycles. The van der Waals surface area contributed by atoms with Crippen molar-refractivity contribution >= 4 is 28.3 Å². The van der Waals surface area contributed by atoms with Gasteiger partial charge in [-0.1, -0.05) is 30.3 Å². The van der Waals surface area contributed by atoms with Crippen LogP contribution in [0.4, 0.5) is 11.5 Å². The number of benzene rings is 2. The average molecular weight is 485 g/mol. The highest BCUT2D eigenvalue weighted by Gasteiger charge is 2.28. The Morgan fingerprint density at radius 2 is 2.08 bits per heavy atom. The summed E-state index contributed by atoms with van der Waals surface area (Å²) >= 11 is 0. The minimum atomic E-state index is -0.319. The second kappa shape index (κ2) is 9.01. The summed E-state index contributed by atoms with van der Waals surface area (Å²) in [7, 11) is 3.86. The van der Waals surface area contributed by atoms with E-state index in [9.17, 15) is 9.59 Å². The SMILES string of the molecule is Cc1ccc(C)c(-n2nc3c4c([nH]c(=O)c3c2N)COc2c(NC(=O)/C=C/CN(C)C)cccc2-4)c1. The maximum absolute atomic E-state index is 13.0. The number of ether oxygens (including phenoxy) is 1. The van der Waals surface area contributed by atoms with Gasteiger partial charge in [-0.25, -0.2) is 4.68 Å². The molecule has 9 nitrogen and oxygen atoms in total. The summed E-state index contributed by atoms with van der Waals surface area (Å²) in [5, 5.41) is 8.04. The number of aromatic amines is 1. The Kier molecular flexibility index (Phi) is 5.85. The van der Waals surface area contributed by atoms with Crippen molar-refractivity contribution in [3.8, 4) is 22.6 Å². The molecule has 3 heterocycles. The molecule has 0 saturated carbocycles. The highest BCUT2D eigenvalue weighted by atomic mass is 16.5. The van der Waals surface area contributed by atoms with Crippen LogP contribution in [0.5, 0.6) is 5.75 Å². The van der Waals surface area contributed by atoms with Crippen LogP contribution in [0.3, 0.4) is 0 Å². The third-order valence-corrected chi connectivity index (χ3v) is 6.19. The van der Waals surface area contributed by atoms with Crippen LogP contribution in [0.15, 0.2) is 53.3 Å². The molecule has 5 rings (SSSR count). The second-order valence-electron chi connectivity index (χ2n) is 9.24. The van der Waals surface area contributed by atoms with Gasteiger partial charge in [-0.05, 0) is 51.2 Å². The topological polar surface area (TPSA) is 118 Å². The van der Waals surface area contributed by atoms with Crippen LogP contribution in [0, 0.1) is 13.8 Å². The van der Waals surface area contributed by atoms with Crippen LogP contribution in [0.25, 0.3) is 27.7 Å². The molecule has 1 aliphatic heterocycles. The first-order valence-corrected chi connectivity index (χ1v) is 11.6. The summed E-state index contributed by atoms with van der Waals surface area (Å²) in [6.07, 6.45) is 3.29. The fourth-order valence-corrected chi connectivity index (χ4v) is 4.44. The first kappa shape index (κ1) is 23.4. The first-order valence-electron chi connectivity index (χ1n) is 11.6. The maximum atomic E-state index is 13.0. The fourth-order valence-electron chi connectivity index (χ4n) is 4.44. The molecule has 1 amide bonds. The number of pyridine rings is 1. The van der Waals surface area contributed by atoms with Crippen LogP contribution in [0.1, 0.15) is 16.8 Å². The molecular weight excluding hydrogens is 456 g/mol. The van der Waals surface area contributed by atoms with E-state index in [0.717, 1.165) is 27.9 Å². The van der Waals surface area contributed by atoms with Crippen molar-refractivity contribution in [3.63, 3.8) is 0 Å². The highest BCUT2D eigenvalue weighted by molar-refractivity contribution is 6.05. The van der Waals surface area contributed by atoms with Gasteiger partial charge < -0.3 is 25.7 Å². The molecule has 4 aromatic rings. The fraction of sp³-hybridized carbons (Fsp3) is 0.222. The number of H-pyrrole nitrogens is 1. The number of carbonyl (C=O) groups is 1. The number of aromatic nitrogens is 3. The van der Waals surface area contributed by atoms with Crippen molar-refractivity contribution in [2.45, 2.75) is 20.5 Å². The summed E-state index contributed by atoms with van der Waals surface area (Å²) < 4.78 is 7.63. The molecule has 4 N–H and O–H groups in total. The van der Waals surface area contributed by atoms with Gasteiger partial charge in [-0.15, -0.1) is 0 Å². The van der Waals surface area contributed by atoms with Crippen molar-refractivity contribution in [1.82, 2.24) is 19.7 Å². The molecule has 0 unspecified atom stereocenters. The van der Waals surface area contributed by atoms with Crippen molar-refractivity contribution in [3.05, 3.63) is 75.7 Å². The number of carbonyl (C=O) groups excluding carboxylic acids is 1. The van der Waals surface area contributed by atoms with Gasteiger partial charge >= 0.3 is 0 Å². The molecule has 9 heteroatoms. The zero-order valence-electron chi connectivity index (χ0n) is 20.7.